The van der Waals surface area contributed by atoms with Crippen LogP contribution < -0.4 is 10.6 Å². The average Bonchev–Trinajstić information content (AvgIpc) is 2.51. The molecule has 0 spiro atoms. The molecule has 0 aliphatic carbocycles. The highest BCUT2D eigenvalue weighted by atomic mass is 19.1. The van der Waals surface area contributed by atoms with Crippen molar-refractivity contribution in [1.29, 1.82) is 0 Å². The topological polar surface area (TPSA) is 48.8 Å². The quantitative estimate of drug-likeness (QED) is 0.488. The van der Waals surface area contributed by atoms with Crippen molar-refractivity contribution >= 4 is 17.4 Å². The molecule has 138 valence electrons. The molecule has 4 nitrogen and oxygen atoms in total. The second-order valence-electron chi connectivity index (χ2n) is 6.30. The zero-order chi connectivity index (χ0) is 18.8. The van der Waals surface area contributed by atoms with Gasteiger partial charge >= 0.3 is 0 Å². The summed E-state index contributed by atoms with van der Waals surface area (Å²) in [6.45, 7) is 13.8. The molecule has 5 heteroatoms. The van der Waals surface area contributed by atoms with Gasteiger partial charge in [0.1, 0.15) is 23.3 Å². The van der Waals surface area contributed by atoms with Crippen molar-refractivity contribution in [2.24, 2.45) is 9.98 Å². The van der Waals surface area contributed by atoms with Gasteiger partial charge in [0.25, 0.3) is 0 Å². The summed E-state index contributed by atoms with van der Waals surface area (Å²) in [7, 11) is 0. The Bertz CT molecular complexity index is 629. The number of benzene rings is 1. The van der Waals surface area contributed by atoms with E-state index < -0.39 is 0 Å². The van der Waals surface area contributed by atoms with E-state index in [2.05, 4.69) is 36.1 Å². The molecule has 1 aromatic carbocycles. The predicted octanol–water partition coefficient (Wildman–Crippen LogP) is 5.41. The molecule has 0 saturated carbocycles. The Morgan fingerprint density at radius 2 is 1.84 bits per heavy atom. The Morgan fingerprint density at radius 3 is 2.40 bits per heavy atom. The van der Waals surface area contributed by atoms with Crippen LogP contribution in [-0.4, -0.2) is 17.7 Å². The summed E-state index contributed by atoms with van der Waals surface area (Å²) in [5.41, 5.74) is 1.26. The van der Waals surface area contributed by atoms with E-state index in [-0.39, 0.29) is 5.82 Å². The Balaban J connectivity index is 2.65. The van der Waals surface area contributed by atoms with E-state index in [1.54, 1.807) is 13.0 Å². The molecule has 25 heavy (non-hydrogen) atoms. The number of halogens is 1. The van der Waals surface area contributed by atoms with Crippen LogP contribution in [0.3, 0.4) is 0 Å². The molecule has 0 saturated heterocycles. The third-order valence-corrected chi connectivity index (χ3v) is 3.74. The fraction of sp³-hybridized carbons (Fsp3) is 0.500. The van der Waals surface area contributed by atoms with Crippen LogP contribution in [0, 0.1) is 12.7 Å². The molecular weight excluding hydrogens is 315 g/mol. The monoisotopic (exact) mass is 346 g/mol. The van der Waals surface area contributed by atoms with Crippen LogP contribution in [-0.2, 0) is 0 Å². The summed E-state index contributed by atoms with van der Waals surface area (Å²) in [6, 6.07) is 5.32. The summed E-state index contributed by atoms with van der Waals surface area (Å²) >= 11 is 0. The number of aliphatic imine (C=N–C) groups is 2. The normalized spacial score (nSPS) is 12.4. The van der Waals surface area contributed by atoms with Crippen LogP contribution in [0.2, 0.25) is 0 Å². The maximum Gasteiger partial charge on any atom is 0.128 e. The molecule has 1 aromatic rings. The molecule has 0 bridgehead atoms. The molecule has 0 heterocycles. The molecule has 1 rings (SSSR count). The molecule has 0 unspecified atom stereocenters. The predicted molar refractivity (Wildman–Crippen MR) is 107 cm³/mol. The summed E-state index contributed by atoms with van der Waals surface area (Å²) < 4.78 is 13.6. The van der Waals surface area contributed by atoms with Gasteiger partial charge in [-0.3, -0.25) is 4.99 Å². The van der Waals surface area contributed by atoms with Crippen molar-refractivity contribution in [2.75, 3.05) is 5.32 Å². The third kappa shape index (κ3) is 7.96. The van der Waals surface area contributed by atoms with Gasteiger partial charge in [0.15, 0.2) is 0 Å². The van der Waals surface area contributed by atoms with E-state index in [9.17, 15) is 4.39 Å². The van der Waals surface area contributed by atoms with E-state index in [1.165, 1.54) is 6.07 Å². The van der Waals surface area contributed by atoms with Gasteiger partial charge in [-0.05, 0) is 51.3 Å². The lowest BCUT2D eigenvalue weighted by molar-refractivity contribution is 0.555. The van der Waals surface area contributed by atoms with E-state index in [0.29, 0.717) is 28.9 Å². The van der Waals surface area contributed by atoms with Crippen LogP contribution in [0.25, 0.3) is 0 Å². The van der Waals surface area contributed by atoms with E-state index in [0.717, 1.165) is 31.5 Å². The Hall–Kier alpha value is -2.17. The van der Waals surface area contributed by atoms with Crippen LogP contribution in [0.15, 0.2) is 40.6 Å². The lowest BCUT2D eigenvalue weighted by Crippen LogP contribution is -2.24. The van der Waals surface area contributed by atoms with Crippen LogP contribution in [0.5, 0.6) is 0 Å². The van der Waals surface area contributed by atoms with Gasteiger partial charge in [-0.15, -0.1) is 0 Å². The maximum absolute atomic E-state index is 13.6. The summed E-state index contributed by atoms with van der Waals surface area (Å²) in [4.78, 5) is 9.17. The first-order valence-electron chi connectivity index (χ1n) is 8.94. The van der Waals surface area contributed by atoms with E-state index in [4.69, 9.17) is 4.99 Å². The van der Waals surface area contributed by atoms with Crippen molar-refractivity contribution in [2.45, 2.75) is 66.3 Å². The number of aryl methyl sites for hydroxylation is 1. The Labute approximate surface area is 151 Å². The van der Waals surface area contributed by atoms with E-state index >= 15 is 0 Å². The molecule has 0 amide bonds. The van der Waals surface area contributed by atoms with Gasteiger partial charge in [0, 0.05) is 5.69 Å². The van der Waals surface area contributed by atoms with Crippen LogP contribution in [0.4, 0.5) is 10.1 Å². The van der Waals surface area contributed by atoms with E-state index in [1.807, 2.05) is 19.9 Å². The minimum Gasteiger partial charge on any atom is -0.342 e. The second kappa shape index (κ2) is 10.6. The van der Waals surface area contributed by atoms with Gasteiger partial charge in [-0.2, -0.15) is 0 Å². The largest absolute Gasteiger partial charge is 0.342 e. The zero-order valence-corrected chi connectivity index (χ0v) is 16.1. The lowest BCUT2D eigenvalue weighted by Gasteiger charge is -2.13. The van der Waals surface area contributed by atoms with Crippen molar-refractivity contribution in [3.8, 4) is 0 Å². The number of nitrogens with zero attached hydrogens (tertiary/aromatic N) is 2. The third-order valence-electron chi connectivity index (χ3n) is 3.74. The number of hydrogen-bond donors (Lipinski definition) is 2. The highest BCUT2D eigenvalue weighted by molar-refractivity contribution is 5.95. The number of hydrogen-bond acceptors (Lipinski definition) is 2. The first-order valence-corrected chi connectivity index (χ1v) is 8.94. The number of nitrogens with one attached hydrogen (secondary N) is 2. The molecule has 0 aliphatic rings. The molecule has 0 radical (unpaired) electrons. The van der Waals surface area contributed by atoms with Crippen LogP contribution in [0.1, 0.15) is 58.9 Å². The molecule has 2 N–H and O–H groups in total. The second-order valence-corrected chi connectivity index (χ2v) is 6.30. The molecule has 0 aliphatic heterocycles. The van der Waals surface area contributed by atoms with Gasteiger partial charge < -0.3 is 10.6 Å². The Morgan fingerprint density at radius 1 is 1.20 bits per heavy atom. The van der Waals surface area contributed by atoms with Crippen molar-refractivity contribution < 1.29 is 4.39 Å². The lowest BCUT2D eigenvalue weighted by atomic mass is 10.1. The van der Waals surface area contributed by atoms with Crippen molar-refractivity contribution in [1.82, 2.24) is 5.32 Å². The van der Waals surface area contributed by atoms with Crippen molar-refractivity contribution in [3.05, 3.63) is 42.0 Å². The van der Waals surface area contributed by atoms with Gasteiger partial charge in [0.05, 0.1) is 6.04 Å². The minimum atomic E-state index is -0.246. The maximum atomic E-state index is 13.6. The van der Waals surface area contributed by atoms with Crippen molar-refractivity contribution in [3.63, 3.8) is 0 Å². The zero-order valence-electron chi connectivity index (χ0n) is 16.1. The Kier molecular flexibility index (Phi) is 8.89. The highest BCUT2D eigenvalue weighted by Crippen LogP contribution is 2.14. The fourth-order valence-corrected chi connectivity index (χ4v) is 2.60. The fourth-order valence-electron chi connectivity index (χ4n) is 2.60. The molecule has 0 fully saturated rings. The molecular formula is C20H31FN4. The average molecular weight is 346 g/mol. The molecule has 0 atom stereocenters. The van der Waals surface area contributed by atoms with Gasteiger partial charge in [-0.25, -0.2) is 9.38 Å². The smallest absolute Gasteiger partial charge is 0.128 e. The number of amidine groups is 2. The van der Waals surface area contributed by atoms with Gasteiger partial charge in [-0.1, -0.05) is 39.3 Å². The number of rotatable bonds is 8. The minimum absolute atomic E-state index is 0.246. The summed E-state index contributed by atoms with van der Waals surface area (Å²) in [6.07, 6.45) is 4.41. The first-order chi connectivity index (χ1) is 11.8. The number of anilines is 1. The van der Waals surface area contributed by atoms with Gasteiger partial charge in [0.2, 0.25) is 0 Å². The first kappa shape index (κ1) is 20.9. The van der Waals surface area contributed by atoms with Crippen LogP contribution >= 0.6 is 0 Å². The molecule has 0 aromatic heterocycles. The highest BCUT2D eigenvalue weighted by Gasteiger charge is 2.05. The SMILES string of the molecule is C=C(NC(C)=NC(C)=NC(CCC)CCC)Nc1ccc(C)c(F)c1. The summed E-state index contributed by atoms with van der Waals surface area (Å²) in [5.74, 6) is 1.74. The standard InChI is InChI=1S/C20H31FN4/c1-7-9-18(10-8-2)24-16(5)22-15(4)23-17(6)25-19-12-11-14(3)20(21)13-19/h11-13,18,25H,6-10H2,1-5H3,(H,22,23,24). The summed E-state index contributed by atoms with van der Waals surface area (Å²) in [5, 5.41) is 6.10.